The van der Waals surface area contributed by atoms with E-state index in [0.29, 0.717) is 5.88 Å². The van der Waals surface area contributed by atoms with Crippen LogP contribution in [0.5, 0.6) is 11.6 Å². The molecule has 2 aromatic heterocycles. The number of nitrogens with zero attached hydrogens (tertiary/aromatic N) is 3. The van der Waals surface area contributed by atoms with Crippen LogP contribution in [0, 0.1) is 0 Å². The molecule has 1 fully saturated rings. The fourth-order valence-corrected chi connectivity index (χ4v) is 3.23. The van der Waals surface area contributed by atoms with Crippen LogP contribution in [-0.2, 0) is 0 Å². The van der Waals surface area contributed by atoms with E-state index in [1.165, 1.54) is 0 Å². The quantitative estimate of drug-likeness (QED) is 0.791. The lowest BCUT2D eigenvalue weighted by atomic mass is 9.95. The maximum Gasteiger partial charge on any atom is 0.232 e. The third-order valence-electron chi connectivity index (χ3n) is 4.63. The van der Waals surface area contributed by atoms with Crippen molar-refractivity contribution in [1.29, 1.82) is 0 Å². The summed E-state index contributed by atoms with van der Waals surface area (Å²) in [6, 6.07) is 11.6. The second-order valence-electron chi connectivity index (χ2n) is 6.37. The molecule has 6 heteroatoms. The van der Waals surface area contributed by atoms with Crippen molar-refractivity contribution in [2.75, 3.05) is 7.11 Å². The summed E-state index contributed by atoms with van der Waals surface area (Å²) in [6.07, 6.45) is 5.00. The van der Waals surface area contributed by atoms with Crippen molar-refractivity contribution >= 4 is 5.65 Å². The average molecular weight is 339 g/mol. The van der Waals surface area contributed by atoms with Crippen LogP contribution in [0.15, 0.2) is 42.6 Å². The largest absolute Gasteiger partial charge is 0.497 e. The molecule has 1 saturated carbocycles. The fourth-order valence-electron chi connectivity index (χ4n) is 3.23. The standard InChI is InChI=1S/C19H21N3O3/c1-24-16-4-2-3-13(11-16)17-12-20-18-9-10-19(21-22(17)18)25-15-7-5-14(23)6-8-15/h2-4,9-12,14-15,23H,5-8H2,1H3/t14-,15-. The van der Waals surface area contributed by atoms with Crippen LogP contribution < -0.4 is 9.47 Å². The van der Waals surface area contributed by atoms with Gasteiger partial charge in [-0.05, 0) is 43.9 Å². The van der Waals surface area contributed by atoms with Gasteiger partial charge in [0.1, 0.15) is 11.9 Å². The minimum atomic E-state index is -0.191. The van der Waals surface area contributed by atoms with Crippen LogP contribution in [-0.4, -0.2) is 39.0 Å². The van der Waals surface area contributed by atoms with Gasteiger partial charge in [-0.25, -0.2) is 9.50 Å². The second-order valence-corrected chi connectivity index (χ2v) is 6.37. The van der Waals surface area contributed by atoms with E-state index in [-0.39, 0.29) is 12.2 Å². The molecule has 0 amide bonds. The minimum Gasteiger partial charge on any atom is -0.497 e. The highest BCUT2D eigenvalue weighted by molar-refractivity contribution is 5.64. The molecular weight excluding hydrogens is 318 g/mol. The lowest BCUT2D eigenvalue weighted by molar-refractivity contribution is 0.0637. The van der Waals surface area contributed by atoms with Gasteiger partial charge in [0.2, 0.25) is 5.88 Å². The summed E-state index contributed by atoms with van der Waals surface area (Å²) >= 11 is 0. The SMILES string of the molecule is COc1cccc(-c2cnc3ccc(O[C@H]4CC[C@H](O)CC4)nn23)c1. The predicted octanol–water partition coefficient (Wildman–Crippen LogP) is 3.09. The maximum atomic E-state index is 9.62. The Kier molecular flexibility index (Phi) is 4.28. The monoisotopic (exact) mass is 339 g/mol. The van der Waals surface area contributed by atoms with E-state index in [2.05, 4.69) is 10.1 Å². The summed E-state index contributed by atoms with van der Waals surface area (Å²) in [5, 5.41) is 14.2. The number of aliphatic hydroxyl groups excluding tert-OH is 1. The summed E-state index contributed by atoms with van der Waals surface area (Å²) in [5.74, 6) is 1.37. The van der Waals surface area contributed by atoms with Crippen molar-refractivity contribution in [1.82, 2.24) is 14.6 Å². The number of benzene rings is 1. The predicted molar refractivity (Wildman–Crippen MR) is 93.9 cm³/mol. The number of methoxy groups -OCH3 is 1. The summed E-state index contributed by atoms with van der Waals surface area (Å²) in [7, 11) is 1.65. The van der Waals surface area contributed by atoms with E-state index < -0.39 is 0 Å². The molecular formula is C19H21N3O3. The molecule has 25 heavy (non-hydrogen) atoms. The van der Waals surface area contributed by atoms with Crippen molar-refractivity contribution in [2.45, 2.75) is 37.9 Å². The van der Waals surface area contributed by atoms with Crippen molar-refractivity contribution in [3.05, 3.63) is 42.6 Å². The molecule has 3 aromatic rings. The number of hydrogen-bond acceptors (Lipinski definition) is 5. The lowest BCUT2D eigenvalue weighted by Crippen LogP contribution is -2.26. The van der Waals surface area contributed by atoms with Gasteiger partial charge < -0.3 is 14.6 Å². The van der Waals surface area contributed by atoms with Gasteiger partial charge >= 0.3 is 0 Å². The number of imidazole rings is 1. The average Bonchev–Trinajstić information content (AvgIpc) is 3.07. The summed E-state index contributed by atoms with van der Waals surface area (Å²) in [4.78, 5) is 4.42. The second kappa shape index (κ2) is 6.72. The van der Waals surface area contributed by atoms with Gasteiger partial charge in [0.05, 0.1) is 25.1 Å². The number of ether oxygens (including phenoxy) is 2. The minimum absolute atomic E-state index is 0.108. The van der Waals surface area contributed by atoms with Gasteiger partial charge in [-0.15, -0.1) is 5.10 Å². The molecule has 0 unspecified atom stereocenters. The molecule has 0 atom stereocenters. The van der Waals surface area contributed by atoms with Crippen LogP contribution in [0.4, 0.5) is 0 Å². The number of aliphatic hydroxyl groups is 1. The fraction of sp³-hybridized carbons (Fsp3) is 0.368. The Morgan fingerprint density at radius 2 is 1.96 bits per heavy atom. The number of hydrogen-bond donors (Lipinski definition) is 1. The molecule has 1 N–H and O–H groups in total. The Bertz CT molecular complexity index is 869. The molecule has 130 valence electrons. The molecule has 1 aliphatic rings. The van der Waals surface area contributed by atoms with Crippen LogP contribution in [0.3, 0.4) is 0 Å². The van der Waals surface area contributed by atoms with E-state index in [1.54, 1.807) is 17.8 Å². The molecule has 0 bridgehead atoms. The molecule has 1 aliphatic carbocycles. The van der Waals surface area contributed by atoms with Crippen molar-refractivity contribution in [3.63, 3.8) is 0 Å². The Labute approximate surface area is 146 Å². The molecule has 2 heterocycles. The van der Waals surface area contributed by atoms with Crippen molar-refractivity contribution < 1.29 is 14.6 Å². The third kappa shape index (κ3) is 3.30. The van der Waals surface area contributed by atoms with Crippen molar-refractivity contribution in [3.8, 4) is 22.9 Å². The summed E-state index contributed by atoms with van der Waals surface area (Å²) < 4.78 is 13.1. The molecule has 0 saturated heterocycles. The highest BCUT2D eigenvalue weighted by atomic mass is 16.5. The zero-order valence-corrected chi connectivity index (χ0v) is 14.1. The van der Waals surface area contributed by atoms with Gasteiger partial charge in [-0.3, -0.25) is 0 Å². The third-order valence-corrected chi connectivity index (χ3v) is 4.63. The maximum absolute atomic E-state index is 9.62. The number of rotatable bonds is 4. The first kappa shape index (κ1) is 15.9. The van der Waals surface area contributed by atoms with Crippen LogP contribution in [0.1, 0.15) is 25.7 Å². The zero-order chi connectivity index (χ0) is 17.2. The smallest absolute Gasteiger partial charge is 0.232 e. The van der Waals surface area contributed by atoms with Crippen LogP contribution in [0.2, 0.25) is 0 Å². The first-order valence-electron chi connectivity index (χ1n) is 8.57. The molecule has 4 rings (SSSR count). The number of aromatic nitrogens is 3. The Morgan fingerprint density at radius 3 is 2.76 bits per heavy atom. The first-order valence-corrected chi connectivity index (χ1v) is 8.57. The lowest BCUT2D eigenvalue weighted by Gasteiger charge is -2.25. The topological polar surface area (TPSA) is 68.9 Å². The normalized spacial score (nSPS) is 20.6. The Hall–Kier alpha value is -2.60. The van der Waals surface area contributed by atoms with Gasteiger partial charge in [-0.2, -0.15) is 0 Å². The zero-order valence-electron chi connectivity index (χ0n) is 14.1. The summed E-state index contributed by atoms with van der Waals surface area (Å²) in [6.45, 7) is 0. The van der Waals surface area contributed by atoms with Gasteiger partial charge in [0.25, 0.3) is 0 Å². The van der Waals surface area contributed by atoms with Gasteiger partial charge in [0.15, 0.2) is 5.65 Å². The highest BCUT2D eigenvalue weighted by Crippen LogP contribution is 2.26. The molecule has 1 aromatic carbocycles. The van der Waals surface area contributed by atoms with Gasteiger partial charge in [0, 0.05) is 11.6 Å². The van der Waals surface area contributed by atoms with E-state index in [9.17, 15) is 5.11 Å². The van der Waals surface area contributed by atoms with E-state index in [4.69, 9.17) is 9.47 Å². The van der Waals surface area contributed by atoms with E-state index >= 15 is 0 Å². The molecule has 6 nitrogen and oxygen atoms in total. The van der Waals surface area contributed by atoms with E-state index in [1.807, 2.05) is 36.4 Å². The van der Waals surface area contributed by atoms with Gasteiger partial charge in [-0.1, -0.05) is 12.1 Å². The number of fused-ring (bicyclic) bond motifs is 1. The first-order chi connectivity index (χ1) is 12.2. The molecule has 0 radical (unpaired) electrons. The summed E-state index contributed by atoms with van der Waals surface area (Å²) in [5.41, 5.74) is 2.64. The highest BCUT2D eigenvalue weighted by Gasteiger charge is 2.21. The van der Waals surface area contributed by atoms with E-state index in [0.717, 1.165) is 48.3 Å². The van der Waals surface area contributed by atoms with Crippen molar-refractivity contribution in [2.24, 2.45) is 0 Å². The van der Waals surface area contributed by atoms with Crippen LogP contribution >= 0.6 is 0 Å². The Morgan fingerprint density at radius 1 is 1.12 bits per heavy atom. The van der Waals surface area contributed by atoms with Crippen LogP contribution in [0.25, 0.3) is 16.9 Å². The molecule has 0 spiro atoms. The molecule has 0 aliphatic heterocycles. The Balaban J connectivity index is 1.63.